The zero-order valence-electron chi connectivity index (χ0n) is 16.9. The van der Waals surface area contributed by atoms with Gasteiger partial charge in [-0.25, -0.2) is 4.99 Å². The lowest BCUT2D eigenvalue weighted by Crippen LogP contribution is -2.43. The van der Waals surface area contributed by atoms with E-state index < -0.39 is 5.54 Å². The van der Waals surface area contributed by atoms with Crippen LogP contribution in [0, 0.1) is 11.3 Å². The number of rotatable bonds is 2. The summed E-state index contributed by atoms with van der Waals surface area (Å²) in [5.41, 5.74) is 8.95. The lowest BCUT2D eigenvalue weighted by molar-refractivity contribution is -0.132. The topological polar surface area (TPSA) is 91.7 Å². The van der Waals surface area contributed by atoms with Crippen molar-refractivity contribution in [3.05, 3.63) is 89.5 Å². The van der Waals surface area contributed by atoms with E-state index in [1.807, 2.05) is 66.7 Å². The molecule has 152 valence electrons. The number of hydrogen-bond donors (Lipinski definition) is 1. The van der Waals surface area contributed by atoms with Crippen molar-refractivity contribution < 1.29 is 9.53 Å². The molecule has 0 radical (unpaired) electrons. The second-order valence-corrected chi connectivity index (χ2v) is 7.82. The summed E-state index contributed by atoms with van der Waals surface area (Å²) in [5, 5.41) is 9.25. The molecule has 0 fully saturated rings. The Kier molecular flexibility index (Phi) is 4.26. The average Bonchev–Trinajstić information content (AvgIpc) is 3.03. The van der Waals surface area contributed by atoms with Crippen LogP contribution in [-0.2, 0) is 10.3 Å². The van der Waals surface area contributed by atoms with Crippen LogP contribution in [0.4, 0.5) is 0 Å². The van der Waals surface area contributed by atoms with Gasteiger partial charge in [-0.05, 0) is 41.0 Å². The molecule has 6 nitrogen and oxygen atoms in total. The van der Waals surface area contributed by atoms with Gasteiger partial charge in [0.1, 0.15) is 11.9 Å². The van der Waals surface area contributed by atoms with Crippen molar-refractivity contribution in [1.82, 2.24) is 4.90 Å². The van der Waals surface area contributed by atoms with E-state index in [2.05, 4.69) is 11.1 Å². The van der Waals surface area contributed by atoms with Crippen molar-refractivity contribution in [1.29, 1.82) is 5.26 Å². The van der Waals surface area contributed by atoms with E-state index in [0.717, 1.165) is 16.7 Å². The Morgan fingerprint density at radius 2 is 1.87 bits per heavy atom. The monoisotopic (exact) mass is 408 g/mol. The van der Waals surface area contributed by atoms with Crippen molar-refractivity contribution in [3.8, 4) is 22.9 Å². The minimum absolute atomic E-state index is 0.168. The van der Waals surface area contributed by atoms with Crippen LogP contribution in [0.1, 0.15) is 29.2 Å². The predicted octanol–water partition coefficient (Wildman–Crippen LogP) is 3.73. The van der Waals surface area contributed by atoms with Gasteiger partial charge in [-0.15, -0.1) is 0 Å². The number of amides is 1. The molecule has 2 N–H and O–H groups in total. The molecule has 1 spiro atoms. The van der Waals surface area contributed by atoms with Crippen LogP contribution in [0.3, 0.4) is 0 Å². The third kappa shape index (κ3) is 2.94. The van der Waals surface area contributed by atoms with Crippen molar-refractivity contribution in [3.63, 3.8) is 0 Å². The number of hydrogen-bond acceptors (Lipinski definition) is 5. The number of nitrogens with two attached hydrogens (primary N) is 1. The summed E-state index contributed by atoms with van der Waals surface area (Å²) in [4.78, 5) is 19.5. The second-order valence-electron chi connectivity index (χ2n) is 7.82. The second kappa shape index (κ2) is 6.99. The molecule has 0 saturated heterocycles. The Hall–Kier alpha value is -4.11. The quantitative estimate of drug-likeness (QED) is 0.699. The van der Waals surface area contributed by atoms with E-state index >= 15 is 0 Å². The van der Waals surface area contributed by atoms with Crippen molar-refractivity contribution in [2.24, 2.45) is 10.7 Å². The molecule has 2 aliphatic heterocycles. The average molecular weight is 408 g/mol. The Morgan fingerprint density at radius 1 is 1.10 bits per heavy atom. The van der Waals surface area contributed by atoms with Gasteiger partial charge in [0.05, 0.1) is 11.6 Å². The van der Waals surface area contributed by atoms with Crippen molar-refractivity contribution in [2.75, 3.05) is 7.05 Å². The molecule has 2 aliphatic rings. The molecule has 2 unspecified atom stereocenters. The number of aliphatic imine (C=N–C) groups is 1. The fourth-order valence-electron chi connectivity index (χ4n) is 4.34. The first-order valence-corrected chi connectivity index (χ1v) is 10.0. The summed E-state index contributed by atoms with van der Waals surface area (Å²) in [7, 11) is 1.64. The molecule has 0 aromatic heterocycles. The summed E-state index contributed by atoms with van der Waals surface area (Å²) in [6.07, 6.45) is 0.0312. The molecule has 6 heteroatoms. The first-order valence-electron chi connectivity index (χ1n) is 10.0. The summed E-state index contributed by atoms with van der Waals surface area (Å²) in [5.74, 6) is 0.639. The van der Waals surface area contributed by atoms with Gasteiger partial charge in [0, 0.05) is 19.0 Å². The zero-order valence-corrected chi connectivity index (χ0v) is 16.9. The lowest BCUT2D eigenvalue weighted by Gasteiger charge is -2.37. The van der Waals surface area contributed by atoms with E-state index in [1.54, 1.807) is 13.1 Å². The number of fused-ring (bicyclic) bond motifs is 2. The Bertz CT molecular complexity index is 1260. The lowest BCUT2D eigenvalue weighted by atomic mass is 9.79. The maximum absolute atomic E-state index is 13.4. The Labute approximate surface area is 180 Å². The molecule has 3 aromatic rings. The molecule has 0 bridgehead atoms. The molecular weight excluding hydrogens is 388 g/mol. The number of likely N-dealkylation sites (N-methyl/N-ethyl adjacent to an activating group) is 1. The number of nitriles is 1. The summed E-state index contributed by atoms with van der Waals surface area (Å²) < 4.78 is 6.33. The van der Waals surface area contributed by atoms with Gasteiger partial charge >= 0.3 is 0 Å². The summed E-state index contributed by atoms with van der Waals surface area (Å²) in [6.45, 7) is 0. The summed E-state index contributed by atoms with van der Waals surface area (Å²) in [6, 6.07) is 25.1. The largest absolute Gasteiger partial charge is 0.485 e. The SMILES string of the molecule is CN1C(=O)C2(CC(c3ccccc3)Oc3ccc(-c4cccc(C#N)c4)cc32)N=C1N. The third-order valence-electron chi connectivity index (χ3n) is 5.98. The molecule has 3 aromatic carbocycles. The van der Waals surface area contributed by atoms with Crippen LogP contribution < -0.4 is 10.5 Å². The van der Waals surface area contributed by atoms with Gasteiger partial charge in [-0.3, -0.25) is 9.69 Å². The first kappa shape index (κ1) is 18.9. The van der Waals surface area contributed by atoms with Gasteiger partial charge in [0.15, 0.2) is 11.5 Å². The van der Waals surface area contributed by atoms with Crippen LogP contribution in [0.15, 0.2) is 77.8 Å². The highest BCUT2D eigenvalue weighted by Crippen LogP contribution is 2.50. The number of carbonyl (C=O) groups excluding carboxylic acids is 1. The third-order valence-corrected chi connectivity index (χ3v) is 5.98. The van der Waals surface area contributed by atoms with Gasteiger partial charge in [-0.1, -0.05) is 48.5 Å². The molecule has 2 heterocycles. The van der Waals surface area contributed by atoms with Crippen LogP contribution in [0.25, 0.3) is 11.1 Å². The van der Waals surface area contributed by atoms with Crippen LogP contribution in [-0.4, -0.2) is 23.8 Å². The first-order chi connectivity index (χ1) is 15.0. The zero-order chi connectivity index (χ0) is 21.6. The highest BCUT2D eigenvalue weighted by atomic mass is 16.5. The maximum Gasteiger partial charge on any atom is 0.261 e. The number of guanidine groups is 1. The van der Waals surface area contributed by atoms with E-state index in [-0.39, 0.29) is 18.0 Å². The molecule has 0 aliphatic carbocycles. The van der Waals surface area contributed by atoms with Gasteiger partial charge in [-0.2, -0.15) is 5.26 Å². The number of ether oxygens (including phenoxy) is 1. The van der Waals surface area contributed by atoms with Gasteiger partial charge < -0.3 is 10.5 Å². The molecule has 1 amide bonds. The molecule has 2 atom stereocenters. The molecular formula is C25H20N4O2. The predicted molar refractivity (Wildman–Crippen MR) is 117 cm³/mol. The highest BCUT2D eigenvalue weighted by molar-refractivity contribution is 6.07. The normalized spacial score (nSPS) is 21.9. The van der Waals surface area contributed by atoms with Gasteiger partial charge in [0.2, 0.25) is 0 Å². The molecule has 5 rings (SSSR count). The van der Waals surface area contributed by atoms with Crippen molar-refractivity contribution in [2.45, 2.75) is 18.1 Å². The molecule has 0 saturated carbocycles. The van der Waals surface area contributed by atoms with Crippen LogP contribution in [0.5, 0.6) is 5.75 Å². The fourth-order valence-corrected chi connectivity index (χ4v) is 4.34. The molecule has 31 heavy (non-hydrogen) atoms. The minimum Gasteiger partial charge on any atom is -0.485 e. The van der Waals surface area contributed by atoms with E-state index in [9.17, 15) is 10.1 Å². The fraction of sp³-hybridized carbons (Fsp3) is 0.160. The highest BCUT2D eigenvalue weighted by Gasteiger charge is 2.53. The minimum atomic E-state index is -1.14. The smallest absolute Gasteiger partial charge is 0.261 e. The van der Waals surface area contributed by atoms with Crippen molar-refractivity contribution >= 4 is 11.9 Å². The Balaban J connectivity index is 1.68. The van der Waals surface area contributed by atoms with E-state index in [1.165, 1.54) is 4.90 Å². The van der Waals surface area contributed by atoms with Crippen LogP contribution >= 0.6 is 0 Å². The Morgan fingerprint density at radius 3 is 2.58 bits per heavy atom. The number of benzene rings is 3. The van der Waals surface area contributed by atoms with Gasteiger partial charge in [0.25, 0.3) is 5.91 Å². The summed E-state index contributed by atoms with van der Waals surface area (Å²) >= 11 is 0. The van der Waals surface area contributed by atoms with E-state index in [4.69, 9.17) is 10.5 Å². The standard InChI is InChI=1S/C25H20N4O2/c1-29-23(30)25(28-24(29)27)14-22(17-7-3-2-4-8-17)31-21-11-10-19(13-20(21)25)18-9-5-6-16(12-18)15-26/h2-13,22H,14H2,1H3,(H2,27,28). The number of nitrogens with zero attached hydrogens (tertiary/aromatic N) is 3. The maximum atomic E-state index is 13.4. The van der Waals surface area contributed by atoms with E-state index in [0.29, 0.717) is 23.3 Å². The number of carbonyl (C=O) groups is 1. The van der Waals surface area contributed by atoms with Crippen LogP contribution in [0.2, 0.25) is 0 Å².